The van der Waals surface area contributed by atoms with Gasteiger partial charge >= 0.3 is 0 Å². The van der Waals surface area contributed by atoms with Crippen LogP contribution in [0.5, 0.6) is 5.75 Å². The van der Waals surface area contributed by atoms with E-state index in [1.165, 1.54) is 5.56 Å². The summed E-state index contributed by atoms with van der Waals surface area (Å²) >= 11 is 0. The summed E-state index contributed by atoms with van der Waals surface area (Å²) < 4.78 is 5.15. The first-order valence-corrected chi connectivity index (χ1v) is 6.94. The summed E-state index contributed by atoms with van der Waals surface area (Å²) in [4.78, 5) is 12.4. The summed E-state index contributed by atoms with van der Waals surface area (Å²) in [6.45, 7) is 4.36. The van der Waals surface area contributed by atoms with Gasteiger partial charge in [-0.1, -0.05) is 50.2 Å². The first-order valence-electron chi connectivity index (χ1n) is 6.94. The second-order valence-electron chi connectivity index (χ2n) is 4.99. The maximum absolute atomic E-state index is 12.4. The number of ether oxygens (including phenoxy) is 1. The lowest BCUT2D eigenvalue weighted by Gasteiger charge is -2.09. The topological polar surface area (TPSA) is 26.3 Å². The predicted octanol–water partition coefficient (Wildman–Crippen LogP) is 4.44. The lowest BCUT2D eigenvalue weighted by Crippen LogP contribution is -2.02. The molecule has 1 unspecified atom stereocenters. The minimum Gasteiger partial charge on any atom is -0.497 e. The monoisotopic (exact) mass is 268 g/mol. The van der Waals surface area contributed by atoms with Gasteiger partial charge in [-0.15, -0.1) is 0 Å². The van der Waals surface area contributed by atoms with Crippen LogP contribution in [0.4, 0.5) is 0 Å². The fourth-order valence-corrected chi connectivity index (χ4v) is 2.13. The van der Waals surface area contributed by atoms with Gasteiger partial charge in [0.25, 0.3) is 0 Å². The summed E-state index contributed by atoms with van der Waals surface area (Å²) in [5.41, 5.74) is 2.64. The van der Waals surface area contributed by atoms with Crippen LogP contribution in [0.3, 0.4) is 0 Å². The molecule has 2 nitrogen and oxygen atoms in total. The number of carbonyl (C=O) groups excluding carboxylic acids is 1. The smallest absolute Gasteiger partial charge is 0.193 e. The first-order chi connectivity index (χ1) is 9.65. The van der Waals surface area contributed by atoms with E-state index in [-0.39, 0.29) is 5.78 Å². The molecule has 0 saturated heterocycles. The van der Waals surface area contributed by atoms with Gasteiger partial charge in [0.1, 0.15) is 5.75 Å². The van der Waals surface area contributed by atoms with Crippen molar-refractivity contribution in [3.05, 3.63) is 65.2 Å². The highest BCUT2D eigenvalue weighted by Crippen LogP contribution is 2.21. The van der Waals surface area contributed by atoms with Crippen LogP contribution in [0.15, 0.2) is 48.5 Å². The van der Waals surface area contributed by atoms with Crippen LogP contribution >= 0.6 is 0 Å². The maximum atomic E-state index is 12.4. The molecule has 0 spiro atoms. The van der Waals surface area contributed by atoms with Gasteiger partial charge in [0.15, 0.2) is 5.78 Å². The minimum atomic E-state index is 0.0274. The van der Waals surface area contributed by atoms with E-state index in [1.807, 2.05) is 42.5 Å². The lowest BCUT2D eigenvalue weighted by atomic mass is 9.95. The summed E-state index contributed by atoms with van der Waals surface area (Å²) in [6, 6.07) is 15.1. The Bertz CT molecular complexity index is 585. The molecule has 0 aliphatic carbocycles. The van der Waals surface area contributed by atoms with Crippen molar-refractivity contribution in [1.82, 2.24) is 0 Å². The van der Waals surface area contributed by atoms with Crippen LogP contribution in [0, 0.1) is 0 Å². The zero-order chi connectivity index (χ0) is 14.5. The molecule has 0 heterocycles. The SMILES string of the molecule is CCC(C)c1ccc(C(=O)c2cccc(OC)c2)cc1. The number of hydrogen-bond donors (Lipinski definition) is 0. The zero-order valence-electron chi connectivity index (χ0n) is 12.2. The molecule has 2 rings (SSSR count). The standard InChI is InChI=1S/C18H20O2/c1-4-13(2)14-8-10-15(11-9-14)18(19)16-6-5-7-17(12-16)20-3/h5-13H,4H2,1-3H3. The molecule has 0 aliphatic heterocycles. The van der Waals surface area contributed by atoms with Gasteiger partial charge in [-0.05, 0) is 30.0 Å². The highest BCUT2D eigenvalue weighted by Gasteiger charge is 2.10. The summed E-state index contributed by atoms with van der Waals surface area (Å²) in [6.07, 6.45) is 1.10. The van der Waals surface area contributed by atoms with E-state index >= 15 is 0 Å². The Labute approximate surface area is 120 Å². The average Bonchev–Trinajstić information content (AvgIpc) is 2.53. The molecule has 2 heteroatoms. The third-order valence-corrected chi connectivity index (χ3v) is 3.69. The molecule has 0 amide bonds. The van der Waals surface area contributed by atoms with E-state index in [2.05, 4.69) is 13.8 Å². The van der Waals surface area contributed by atoms with Gasteiger partial charge in [0, 0.05) is 11.1 Å². The van der Waals surface area contributed by atoms with Crippen molar-refractivity contribution in [2.24, 2.45) is 0 Å². The quantitative estimate of drug-likeness (QED) is 0.749. The van der Waals surface area contributed by atoms with E-state index in [4.69, 9.17) is 4.74 Å². The number of hydrogen-bond acceptors (Lipinski definition) is 2. The molecule has 0 fully saturated rings. The Kier molecular flexibility index (Phi) is 4.57. The predicted molar refractivity (Wildman–Crippen MR) is 81.6 cm³/mol. The molecule has 104 valence electrons. The van der Waals surface area contributed by atoms with Crippen LogP contribution in [0.25, 0.3) is 0 Å². The Balaban J connectivity index is 2.24. The van der Waals surface area contributed by atoms with Gasteiger partial charge in [-0.3, -0.25) is 4.79 Å². The third-order valence-electron chi connectivity index (χ3n) is 3.69. The highest BCUT2D eigenvalue weighted by molar-refractivity contribution is 6.09. The van der Waals surface area contributed by atoms with E-state index in [1.54, 1.807) is 13.2 Å². The molecule has 0 aromatic heterocycles. The summed E-state index contributed by atoms with van der Waals surface area (Å²) in [5, 5.41) is 0. The maximum Gasteiger partial charge on any atom is 0.193 e. The lowest BCUT2D eigenvalue weighted by molar-refractivity contribution is 0.103. The van der Waals surface area contributed by atoms with E-state index in [0.717, 1.165) is 6.42 Å². The molecule has 0 radical (unpaired) electrons. The van der Waals surface area contributed by atoms with E-state index < -0.39 is 0 Å². The van der Waals surface area contributed by atoms with Crippen molar-refractivity contribution in [2.45, 2.75) is 26.2 Å². The fraction of sp³-hybridized carbons (Fsp3) is 0.278. The number of rotatable bonds is 5. The Morgan fingerprint density at radius 3 is 2.40 bits per heavy atom. The summed E-state index contributed by atoms with van der Waals surface area (Å²) in [5.74, 6) is 1.25. The number of ketones is 1. The van der Waals surface area contributed by atoms with Crippen molar-refractivity contribution < 1.29 is 9.53 Å². The molecule has 0 N–H and O–H groups in total. The van der Waals surface area contributed by atoms with Crippen LogP contribution in [0.2, 0.25) is 0 Å². The number of carbonyl (C=O) groups is 1. The molecular formula is C18H20O2. The Morgan fingerprint density at radius 1 is 1.10 bits per heavy atom. The zero-order valence-corrected chi connectivity index (χ0v) is 12.2. The molecule has 2 aromatic carbocycles. The van der Waals surface area contributed by atoms with Crippen molar-refractivity contribution >= 4 is 5.78 Å². The van der Waals surface area contributed by atoms with Crippen molar-refractivity contribution in [1.29, 1.82) is 0 Å². The Morgan fingerprint density at radius 2 is 1.80 bits per heavy atom. The molecule has 2 aromatic rings. The van der Waals surface area contributed by atoms with Crippen LogP contribution in [0.1, 0.15) is 47.7 Å². The second kappa shape index (κ2) is 6.38. The van der Waals surface area contributed by atoms with Gasteiger partial charge in [-0.25, -0.2) is 0 Å². The van der Waals surface area contributed by atoms with Crippen molar-refractivity contribution in [2.75, 3.05) is 7.11 Å². The average molecular weight is 268 g/mol. The fourth-order valence-electron chi connectivity index (χ4n) is 2.13. The highest BCUT2D eigenvalue weighted by atomic mass is 16.5. The van der Waals surface area contributed by atoms with Gasteiger partial charge < -0.3 is 4.74 Å². The van der Waals surface area contributed by atoms with Crippen molar-refractivity contribution in [3.63, 3.8) is 0 Å². The second-order valence-corrected chi connectivity index (χ2v) is 4.99. The number of benzene rings is 2. The minimum absolute atomic E-state index is 0.0274. The molecule has 0 saturated carbocycles. The first kappa shape index (κ1) is 14.3. The summed E-state index contributed by atoms with van der Waals surface area (Å²) in [7, 11) is 1.60. The molecule has 0 bridgehead atoms. The molecule has 20 heavy (non-hydrogen) atoms. The normalized spacial score (nSPS) is 11.9. The van der Waals surface area contributed by atoms with Crippen molar-refractivity contribution in [3.8, 4) is 5.75 Å². The van der Waals surface area contributed by atoms with E-state index in [9.17, 15) is 4.79 Å². The molecular weight excluding hydrogens is 248 g/mol. The van der Waals surface area contributed by atoms with Crippen LogP contribution < -0.4 is 4.74 Å². The third kappa shape index (κ3) is 3.08. The van der Waals surface area contributed by atoms with Crippen LogP contribution in [-0.2, 0) is 0 Å². The Hall–Kier alpha value is -2.09. The number of methoxy groups -OCH3 is 1. The van der Waals surface area contributed by atoms with E-state index in [0.29, 0.717) is 22.8 Å². The van der Waals surface area contributed by atoms with Gasteiger partial charge in [0.05, 0.1) is 7.11 Å². The molecule has 1 atom stereocenters. The van der Waals surface area contributed by atoms with Gasteiger partial charge in [0.2, 0.25) is 0 Å². The van der Waals surface area contributed by atoms with Gasteiger partial charge in [-0.2, -0.15) is 0 Å². The van der Waals surface area contributed by atoms with Crippen LogP contribution in [-0.4, -0.2) is 12.9 Å². The largest absolute Gasteiger partial charge is 0.497 e. The molecule has 0 aliphatic rings.